The van der Waals surface area contributed by atoms with E-state index in [-0.39, 0.29) is 11.6 Å². The topological polar surface area (TPSA) is 67.9 Å². The van der Waals surface area contributed by atoms with Crippen molar-refractivity contribution < 1.29 is 19.1 Å². The zero-order valence-electron chi connectivity index (χ0n) is 17.7. The fraction of sp³-hybridized carbons (Fsp3) is 0.120. The van der Waals surface area contributed by atoms with Crippen molar-refractivity contribution in [2.75, 3.05) is 23.9 Å². The van der Waals surface area contributed by atoms with Gasteiger partial charge < -0.3 is 14.8 Å². The van der Waals surface area contributed by atoms with Crippen LogP contribution in [0.5, 0.6) is 11.5 Å². The summed E-state index contributed by atoms with van der Waals surface area (Å²) >= 11 is 1.26. The predicted molar refractivity (Wildman–Crippen MR) is 126 cm³/mol. The summed E-state index contributed by atoms with van der Waals surface area (Å²) < 4.78 is 10.7. The molecule has 6 nitrogen and oxygen atoms in total. The summed E-state index contributed by atoms with van der Waals surface area (Å²) in [4.78, 5) is 29.1. The maximum Gasteiger partial charge on any atom is 0.283 e. The molecular formula is C25H22N2O4S. The minimum absolute atomic E-state index is 0.240. The van der Waals surface area contributed by atoms with Crippen LogP contribution in [0.15, 0.2) is 94.4 Å². The molecule has 0 atom stereocenters. The maximum atomic E-state index is 13.4. The number of carbonyl (C=O) groups excluding carboxylic acids is 2. The van der Waals surface area contributed by atoms with E-state index in [0.717, 1.165) is 10.6 Å². The number of thioether (sulfide) groups is 1. The molecule has 0 saturated carbocycles. The van der Waals surface area contributed by atoms with Gasteiger partial charge in [-0.3, -0.25) is 9.59 Å². The number of amides is 2. The molecule has 1 aliphatic rings. The summed E-state index contributed by atoms with van der Waals surface area (Å²) in [5.74, 6) is 0.599. The third-order valence-electron chi connectivity index (χ3n) is 4.77. The lowest BCUT2D eigenvalue weighted by Gasteiger charge is -2.15. The molecule has 0 saturated heterocycles. The first-order valence-electron chi connectivity index (χ1n) is 10.1. The van der Waals surface area contributed by atoms with E-state index in [4.69, 9.17) is 9.47 Å². The summed E-state index contributed by atoms with van der Waals surface area (Å²) in [5, 5.41) is 3.15. The van der Waals surface area contributed by atoms with Gasteiger partial charge in [0.25, 0.3) is 11.8 Å². The number of hydrogen-bond acceptors (Lipinski definition) is 6. The number of ether oxygens (including phenoxy) is 2. The largest absolute Gasteiger partial charge is 0.497 e. The summed E-state index contributed by atoms with van der Waals surface area (Å²) in [7, 11) is 1.57. The highest BCUT2D eigenvalue weighted by molar-refractivity contribution is 8.04. The third kappa shape index (κ3) is 4.48. The molecule has 0 unspecified atom stereocenters. The molecule has 7 heteroatoms. The summed E-state index contributed by atoms with van der Waals surface area (Å²) in [6, 6.07) is 23.6. The average molecular weight is 447 g/mol. The monoisotopic (exact) mass is 446 g/mol. The molecule has 2 amide bonds. The van der Waals surface area contributed by atoms with Crippen LogP contribution in [-0.2, 0) is 9.59 Å². The number of methoxy groups -OCH3 is 1. The zero-order chi connectivity index (χ0) is 22.5. The lowest BCUT2D eigenvalue weighted by atomic mass is 10.2. The molecule has 4 rings (SSSR count). The molecule has 162 valence electrons. The van der Waals surface area contributed by atoms with Crippen LogP contribution < -0.4 is 19.7 Å². The summed E-state index contributed by atoms with van der Waals surface area (Å²) in [6.45, 7) is 2.49. The Bertz CT molecular complexity index is 1140. The van der Waals surface area contributed by atoms with Gasteiger partial charge in [0.05, 0.1) is 19.4 Å². The Labute approximate surface area is 190 Å². The second-order valence-corrected chi connectivity index (χ2v) is 7.93. The fourth-order valence-corrected chi connectivity index (χ4v) is 4.18. The van der Waals surface area contributed by atoms with Crippen LogP contribution in [0.2, 0.25) is 0 Å². The van der Waals surface area contributed by atoms with Crippen LogP contribution in [0.3, 0.4) is 0 Å². The Balaban J connectivity index is 1.68. The van der Waals surface area contributed by atoms with Gasteiger partial charge in [-0.1, -0.05) is 30.0 Å². The van der Waals surface area contributed by atoms with Crippen LogP contribution in [0.1, 0.15) is 6.92 Å². The predicted octanol–water partition coefficient (Wildman–Crippen LogP) is 5.08. The highest BCUT2D eigenvalue weighted by Crippen LogP contribution is 2.38. The van der Waals surface area contributed by atoms with E-state index in [1.54, 1.807) is 31.4 Å². The molecule has 3 aromatic carbocycles. The first-order valence-corrected chi connectivity index (χ1v) is 10.9. The van der Waals surface area contributed by atoms with Crippen molar-refractivity contribution in [1.29, 1.82) is 0 Å². The Kier molecular flexibility index (Phi) is 6.47. The van der Waals surface area contributed by atoms with Gasteiger partial charge in [-0.25, -0.2) is 4.90 Å². The smallest absolute Gasteiger partial charge is 0.283 e. The number of nitrogens with one attached hydrogen (secondary N) is 1. The van der Waals surface area contributed by atoms with Crippen LogP contribution in [-0.4, -0.2) is 25.5 Å². The Morgan fingerprint density at radius 1 is 0.844 bits per heavy atom. The standard InChI is InChI=1S/C25H22N2O4S/c1-3-31-20-13-9-17(10-14-20)26-22-23(32-21-7-5-4-6-8-21)25(29)27(24(22)28)18-11-15-19(30-2)16-12-18/h4-16,26H,3H2,1-2H3. The van der Waals surface area contributed by atoms with Gasteiger partial charge in [-0.15, -0.1) is 0 Å². The maximum absolute atomic E-state index is 13.4. The lowest BCUT2D eigenvalue weighted by Crippen LogP contribution is -2.32. The van der Waals surface area contributed by atoms with E-state index in [1.807, 2.05) is 61.5 Å². The summed E-state index contributed by atoms with van der Waals surface area (Å²) in [6.07, 6.45) is 0. The van der Waals surface area contributed by atoms with E-state index in [2.05, 4.69) is 5.32 Å². The molecule has 0 aromatic heterocycles. The van der Waals surface area contributed by atoms with E-state index >= 15 is 0 Å². The van der Waals surface area contributed by atoms with Gasteiger partial charge in [-0.2, -0.15) is 0 Å². The van der Waals surface area contributed by atoms with Crippen LogP contribution in [0.4, 0.5) is 11.4 Å². The van der Waals surface area contributed by atoms with E-state index in [0.29, 0.717) is 28.6 Å². The zero-order valence-corrected chi connectivity index (χ0v) is 18.5. The van der Waals surface area contributed by atoms with Gasteiger partial charge in [0.2, 0.25) is 0 Å². The van der Waals surface area contributed by atoms with Crippen molar-refractivity contribution in [2.24, 2.45) is 0 Å². The molecule has 0 spiro atoms. The fourth-order valence-electron chi connectivity index (χ4n) is 3.23. The van der Waals surface area contributed by atoms with Gasteiger partial charge in [0.1, 0.15) is 22.1 Å². The first kappa shape index (κ1) is 21.5. The van der Waals surface area contributed by atoms with Gasteiger partial charge in [0.15, 0.2) is 0 Å². The second-order valence-electron chi connectivity index (χ2n) is 6.85. The molecule has 0 aliphatic carbocycles. The molecular weight excluding hydrogens is 424 g/mol. The Morgan fingerprint density at radius 2 is 1.50 bits per heavy atom. The van der Waals surface area contributed by atoms with Crippen LogP contribution in [0, 0.1) is 0 Å². The van der Waals surface area contributed by atoms with Gasteiger partial charge >= 0.3 is 0 Å². The van der Waals surface area contributed by atoms with Crippen LogP contribution in [0.25, 0.3) is 0 Å². The molecule has 1 aliphatic heterocycles. The lowest BCUT2D eigenvalue weighted by molar-refractivity contribution is -0.120. The Hall–Kier alpha value is -3.71. The molecule has 0 bridgehead atoms. The molecule has 0 fully saturated rings. The molecule has 1 heterocycles. The van der Waals surface area contributed by atoms with Crippen LogP contribution >= 0.6 is 11.8 Å². The SMILES string of the molecule is CCOc1ccc(NC2=C(Sc3ccccc3)C(=O)N(c3ccc(OC)cc3)C2=O)cc1. The van der Waals surface area contributed by atoms with Crippen molar-refractivity contribution in [3.63, 3.8) is 0 Å². The van der Waals surface area contributed by atoms with Crippen molar-refractivity contribution in [2.45, 2.75) is 11.8 Å². The number of rotatable bonds is 8. The number of hydrogen-bond donors (Lipinski definition) is 1. The molecule has 1 N–H and O–H groups in total. The summed E-state index contributed by atoms with van der Waals surface area (Å²) in [5.41, 5.74) is 1.41. The number of imide groups is 1. The van der Waals surface area contributed by atoms with Gasteiger partial charge in [0, 0.05) is 10.6 Å². The van der Waals surface area contributed by atoms with E-state index < -0.39 is 5.91 Å². The number of benzene rings is 3. The minimum atomic E-state index is -0.410. The molecule has 32 heavy (non-hydrogen) atoms. The van der Waals surface area contributed by atoms with Crippen molar-refractivity contribution in [1.82, 2.24) is 0 Å². The van der Waals surface area contributed by atoms with Crippen molar-refractivity contribution >= 4 is 35.0 Å². The highest BCUT2D eigenvalue weighted by atomic mass is 32.2. The normalized spacial score (nSPS) is 13.5. The molecule has 0 radical (unpaired) electrons. The van der Waals surface area contributed by atoms with Crippen molar-refractivity contribution in [3.8, 4) is 11.5 Å². The second kappa shape index (κ2) is 9.62. The van der Waals surface area contributed by atoms with Gasteiger partial charge in [-0.05, 0) is 67.6 Å². The number of anilines is 2. The van der Waals surface area contributed by atoms with E-state index in [9.17, 15) is 9.59 Å². The number of carbonyl (C=O) groups is 2. The Morgan fingerprint density at radius 3 is 2.12 bits per heavy atom. The quantitative estimate of drug-likeness (QED) is 0.487. The van der Waals surface area contributed by atoms with E-state index in [1.165, 1.54) is 16.7 Å². The number of nitrogens with zero attached hydrogens (tertiary/aromatic N) is 1. The van der Waals surface area contributed by atoms with Crippen molar-refractivity contribution in [3.05, 3.63) is 89.5 Å². The first-order chi connectivity index (χ1) is 15.6. The minimum Gasteiger partial charge on any atom is -0.497 e. The average Bonchev–Trinajstić information content (AvgIpc) is 3.05. The third-order valence-corrected chi connectivity index (χ3v) is 5.86. The molecule has 3 aromatic rings. The highest BCUT2D eigenvalue weighted by Gasteiger charge is 2.40.